The highest BCUT2D eigenvalue weighted by Gasteiger charge is 2.21. The molecule has 0 N–H and O–H groups in total. The van der Waals surface area contributed by atoms with Crippen molar-refractivity contribution in [3.05, 3.63) is 34.9 Å². The van der Waals surface area contributed by atoms with Crippen LogP contribution in [0.1, 0.15) is 23.1 Å². The predicted molar refractivity (Wildman–Crippen MR) is 77.5 cm³/mol. The summed E-state index contributed by atoms with van der Waals surface area (Å²) >= 11 is 0. The van der Waals surface area contributed by atoms with Crippen molar-refractivity contribution in [2.75, 3.05) is 34.4 Å². The van der Waals surface area contributed by atoms with Crippen LogP contribution in [0.4, 0.5) is 0 Å². The van der Waals surface area contributed by atoms with Gasteiger partial charge in [-0.1, -0.05) is 18.2 Å². The number of ether oxygens (including phenoxy) is 2. The van der Waals surface area contributed by atoms with E-state index in [2.05, 4.69) is 37.2 Å². The maximum Gasteiger partial charge on any atom is 0.0720 e. The topological polar surface area (TPSA) is 21.7 Å². The average molecular weight is 263 g/mol. The normalized spacial score (nSPS) is 18.6. The van der Waals surface area contributed by atoms with Crippen LogP contribution in [-0.2, 0) is 28.9 Å². The molecule has 0 saturated heterocycles. The van der Waals surface area contributed by atoms with Gasteiger partial charge in [-0.3, -0.25) is 0 Å². The fourth-order valence-electron chi connectivity index (χ4n) is 2.74. The van der Waals surface area contributed by atoms with Crippen molar-refractivity contribution in [3.63, 3.8) is 0 Å². The van der Waals surface area contributed by atoms with E-state index in [0.717, 1.165) is 6.42 Å². The van der Waals surface area contributed by atoms with Gasteiger partial charge in [0.05, 0.1) is 19.8 Å². The van der Waals surface area contributed by atoms with Crippen LogP contribution in [-0.4, -0.2) is 45.4 Å². The molecule has 0 radical (unpaired) electrons. The molecular formula is C16H25NO2. The second kappa shape index (κ2) is 7.04. The Morgan fingerprint density at radius 1 is 1.26 bits per heavy atom. The van der Waals surface area contributed by atoms with Gasteiger partial charge in [0.1, 0.15) is 0 Å². The van der Waals surface area contributed by atoms with Crippen LogP contribution in [0.2, 0.25) is 0 Å². The zero-order chi connectivity index (χ0) is 13.7. The fourth-order valence-corrected chi connectivity index (χ4v) is 2.74. The maximum absolute atomic E-state index is 5.68. The molecule has 1 aliphatic rings. The van der Waals surface area contributed by atoms with E-state index in [-0.39, 0.29) is 0 Å². The van der Waals surface area contributed by atoms with E-state index in [1.165, 1.54) is 29.5 Å². The van der Waals surface area contributed by atoms with Crippen molar-refractivity contribution in [3.8, 4) is 0 Å². The first-order valence-corrected chi connectivity index (χ1v) is 7.05. The molecule has 106 valence electrons. The van der Waals surface area contributed by atoms with Gasteiger partial charge in [0.15, 0.2) is 0 Å². The first-order chi connectivity index (χ1) is 9.22. The number of benzene rings is 1. The molecule has 0 aliphatic heterocycles. The third-order valence-corrected chi connectivity index (χ3v) is 3.98. The molecule has 3 heteroatoms. The van der Waals surface area contributed by atoms with Crippen molar-refractivity contribution < 1.29 is 9.47 Å². The lowest BCUT2D eigenvalue weighted by molar-refractivity contribution is 0.0611. The first kappa shape index (κ1) is 14.5. The summed E-state index contributed by atoms with van der Waals surface area (Å²) in [5.41, 5.74) is 4.36. The van der Waals surface area contributed by atoms with Gasteiger partial charge in [0.25, 0.3) is 0 Å². The Morgan fingerprint density at radius 2 is 2.11 bits per heavy atom. The smallest absolute Gasteiger partial charge is 0.0720 e. The number of rotatable bonds is 6. The first-order valence-electron chi connectivity index (χ1n) is 7.05. The summed E-state index contributed by atoms with van der Waals surface area (Å²) in [6.07, 6.45) is 3.59. The van der Waals surface area contributed by atoms with Gasteiger partial charge in [-0.2, -0.15) is 0 Å². The standard InChI is InChI=1S/C16H25NO2/c1-17(2)15-8-7-13-5-4-6-14(16(13)11-15)12-19-10-9-18-3/h4-6,15H,7-12H2,1-3H3. The zero-order valence-corrected chi connectivity index (χ0v) is 12.3. The highest BCUT2D eigenvalue weighted by Crippen LogP contribution is 2.27. The molecule has 0 saturated carbocycles. The highest BCUT2D eigenvalue weighted by atomic mass is 16.5. The third-order valence-electron chi connectivity index (χ3n) is 3.98. The summed E-state index contributed by atoms with van der Waals surface area (Å²) in [6.45, 7) is 2.03. The Hall–Kier alpha value is -0.900. The minimum Gasteiger partial charge on any atom is -0.382 e. The van der Waals surface area contributed by atoms with Crippen molar-refractivity contribution in [1.29, 1.82) is 0 Å². The summed E-state index contributed by atoms with van der Waals surface area (Å²) in [5, 5.41) is 0. The van der Waals surface area contributed by atoms with Crippen molar-refractivity contribution >= 4 is 0 Å². The predicted octanol–water partition coefficient (Wildman–Crippen LogP) is 2.27. The lowest BCUT2D eigenvalue weighted by Gasteiger charge is -2.31. The molecule has 3 nitrogen and oxygen atoms in total. The second-order valence-corrected chi connectivity index (χ2v) is 5.46. The molecule has 0 heterocycles. The van der Waals surface area contributed by atoms with Gasteiger partial charge < -0.3 is 14.4 Å². The molecule has 1 atom stereocenters. The van der Waals surface area contributed by atoms with E-state index in [1.54, 1.807) is 7.11 Å². The van der Waals surface area contributed by atoms with Crippen LogP contribution < -0.4 is 0 Å². The fraction of sp³-hybridized carbons (Fsp3) is 0.625. The van der Waals surface area contributed by atoms with Crippen LogP contribution in [0.5, 0.6) is 0 Å². The Morgan fingerprint density at radius 3 is 2.84 bits per heavy atom. The molecule has 2 rings (SSSR count). The van der Waals surface area contributed by atoms with E-state index in [4.69, 9.17) is 9.47 Å². The van der Waals surface area contributed by atoms with Gasteiger partial charge in [-0.15, -0.1) is 0 Å². The third kappa shape index (κ3) is 3.78. The number of hydrogen-bond donors (Lipinski definition) is 0. The molecule has 0 spiro atoms. The van der Waals surface area contributed by atoms with E-state index in [9.17, 15) is 0 Å². The molecule has 0 aromatic heterocycles. The Balaban J connectivity index is 2.04. The summed E-state index contributed by atoms with van der Waals surface area (Å²) < 4.78 is 10.7. The maximum atomic E-state index is 5.68. The SMILES string of the molecule is COCCOCc1cccc2c1CC(N(C)C)CC2. The van der Waals surface area contributed by atoms with E-state index in [1.807, 2.05) is 0 Å². The largest absolute Gasteiger partial charge is 0.382 e. The molecule has 1 unspecified atom stereocenters. The van der Waals surface area contributed by atoms with Crippen LogP contribution >= 0.6 is 0 Å². The van der Waals surface area contributed by atoms with Gasteiger partial charge in [0.2, 0.25) is 0 Å². The highest BCUT2D eigenvalue weighted by molar-refractivity contribution is 5.37. The van der Waals surface area contributed by atoms with Crippen LogP contribution in [0.3, 0.4) is 0 Å². The molecule has 1 aliphatic carbocycles. The summed E-state index contributed by atoms with van der Waals surface area (Å²) in [5.74, 6) is 0. The molecule has 0 fully saturated rings. The number of nitrogens with zero attached hydrogens (tertiary/aromatic N) is 1. The summed E-state index contributed by atoms with van der Waals surface area (Å²) in [6, 6.07) is 7.28. The summed E-state index contributed by atoms with van der Waals surface area (Å²) in [4.78, 5) is 2.34. The van der Waals surface area contributed by atoms with Crippen LogP contribution in [0.15, 0.2) is 18.2 Å². The second-order valence-electron chi connectivity index (χ2n) is 5.46. The number of hydrogen-bond acceptors (Lipinski definition) is 3. The number of likely N-dealkylation sites (N-methyl/N-ethyl adjacent to an activating group) is 1. The molecule has 0 bridgehead atoms. The van der Waals surface area contributed by atoms with E-state index >= 15 is 0 Å². The van der Waals surface area contributed by atoms with Crippen molar-refractivity contribution in [2.24, 2.45) is 0 Å². The Labute approximate surface area is 116 Å². The lowest BCUT2D eigenvalue weighted by atomic mass is 9.85. The molecule has 19 heavy (non-hydrogen) atoms. The number of methoxy groups -OCH3 is 1. The zero-order valence-electron chi connectivity index (χ0n) is 12.3. The van der Waals surface area contributed by atoms with Gasteiger partial charge in [0, 0.05) is 13.2 Å². The Bertz CT molecular complexity index is 404. The molecule has 0 amide bonds. The van der Waals surface area contributed by atoms with Gasteiger partial charge in [-0.25, -0.2) is 0 Å². The average Bonchev–Trinajstić information content (AvgIpc) is 2.43. The van der Waals surface area contributed by atoms with Crippen molar-refractivity contribution in [1.82, 2.24) is 4.90 Å². The lowest BCUT2D eigenvalue weighted by Crippen LogP contribution is -2.34. The van der Waals surface area contributed by atoms with Gasteiger partial charge in [-0.05, 0) is 50.0 Å². The van der Waals surface area contributed by atoms with E-state index in [0.29, 0.717) is 25.9 Å². The number of fused-ring (bicyclic) bond motifs is 1. The quantitative estimate of drug-likeness (QED) is 0.735. The van der Waals surface area contributed by atoms with Crippen LogP contribution in [0.25, 0.3) is 0 Å². The molecule has 1 aromatic rings. The minimum absolute atomic E-state index is 0.660. The van der Waals surface area contributed by atoms with Gasteiger partial charge >= 0.3 is 0 Å². The monoisotopic (exact) mass is 263 g/mol. The van der Waals surface area contributed by atoms with E-state index < -0.39 is 0 Å². The number of aryl methyl sites for hydroxylation is 1. The van der Waals surface area contributed by atoms with Crippen molar-refractivity contribution in [2.45, 2.75) is 31.9 Å². The summed E-state index contributed by atoms with van der Waals surface area (Å²) in [7, 11) is 6.05. The molecule has 1 aromatic carbocycles. The molecular weight excluding hydrogens is 238 g/mol. The Kier molecular flexibility index (Phi) is 5.37. The van der Waals surface area contributed by atoms with Crippen LogP contribution in [0, 0.1) is 0 Å². The minimum atomic E-state index is 0.660.